The topological polar surface area (TPSA) is 67.0 Å². The number of halogens is 1. The molecule has 5 nitrogen and oxygen atoms in total. The van der Waals surface area contributed by atoms with E-state index in [2.05, 4.69) is 15.3 Å². The van der Waals surface area contributed by atoms with Crippen molar-refractivity contribution in [3.63, 3.8) is 0 Å². The van der Waals surface area contributed by atoms with Crippen LogP contribution >= 0.6 is 11.8 Å². The first kappa shape index (κ1) is 19.0. The zero-order valence-electron chi connectivity index (χ0n) is 15.2. The Morgan fingerprint density at radius 3 is 2.70 bits per heavy atom. The third-order valence-corrected chi connectivity index (χ3v) is 4.98. The summed E-state index contributed by atoms with van der Waals surface area (Å²) in [4.78, 5) is 20.0. The fourth-order valence-corrected chi connectivity index (χ4v) is 3.30. The van der Waals surface area contributed by atoms with Gasteiger partial charge in [-0.2, -0.15) is 0 Å². The summed E-state index contributed by atoms with van der Waals surface area (Å²) < 4.78 is 18.3. The van der Waals surface area contributed by atoms with E-state index < -0.39 is 0 Å². The zero-order chi connectivity index (χ0) is 19.4. The third kappa shape index (κ3) is 4.68. The zero-order valence-corrected chi connectivity index (χ0v) is 16.1. The number of ether oxygens (including phenoxy) is 1. The molecule has 0 aliphatic carbocycles. The molecule has 27 heavy (non-hydrogen) atoms. The van der Waals surface area contributed by atoms with Gasteiger partial charge < -0.3 is 15.0 Å². The molecule has 2 N–H and O–H groups in total. The molecule has 140 valence electrons. The van der Waals surface area contributed by atoms with Crippen LogP contribution in [-0.4, -0.2) is 28.2 Å². The number of hydrogen-bond acceptors (Lipinski definition) is 4. The summed E-state index contributed by atoms with van der Waals surface area (Å²) in [5.41, 5.74) is 3.27. The summed E-state index contributed by atoms with van der Waals surface area (Å²) in [5.74, 6) is 0.177. The standard InChI is InChI=1S/C20H20FN3O2S/c1-12-4-9-18(26-3)16(10-12)23-19(25)13(2)27-20-22-11-17(24-20)14-5-7-15(21)8-6-14/h4-11,13H,1-3H3,(H,22,24)(H,23,25)/t13-/m0/s1. The molecule has 0 saturated carbocycles. The molecular formula is C20H20FN3O2S. The quantitative estimate of drug-likeness (QED) is 0.606. The van der Waals surface area contributed by atoms with Crippen LogP contribution in [0.5, 0.6) is 5.75 Å². The van der Waals surface area contributed by atoms with Crippen LogP contribution in [0.1, 0.15) is 12.5 Å². The molecule has 1 amide bonds. The highest BCUT2D eigenvalue weighted by Crippen LogP contribution is 2.28. The number of benzene rings is 2. The second-order valence-corrected chi connectivity index (χ2v) is 7.39. The van der Waals surface area contributed by atoms with Crippen molar-refractivity contribution in [2.24, 2.45) is 0 Å². The van der Waals surface area contributed by atoms with Gasteiger partial charge in [0.15, 0.2) is 5.16 Å². The number of aryl methyl sites for hydroxylation is 1. The maximum absolute atomic E-state index is 13.0. The third-order valence-electron chi connectivity index (χ3n) is 3.98. The van der Waals surface area contributed by atoms with Gasteiger partial charge in [0.1, 0.15) is 11.6 Å². The number of rotatable bonds is 6. The number of anilines is 1. The smallest absolute Gasteiger partial charge is 0.237 e. The molecule has 1 atom stereocenters. The number of aromatic nitrogens is 2. The molecule has 0 radical (unpaired) electrons. The van der Waals surface area contributed by atoms with Crippen LogP contribution in [0, 0.1) is 12.7 Å². The van der Waals surface area contributed by atoms with Crippen LogP contribution in [0.2, 0.25) is 0 Å². The molecule has 2 aromatic carbocycles. The van der Waals surface area contributed by atoms with Gasteiger partial charge in [-0.3, -0.25) is 4.79 Å². The Balaban J connectivity index is 1.67. The molecule has 0 aliphatic rings. The normalized spacial score (nSPS) is 11.9. The minimum Gasteiger partial charge on any atom is -0.495 e. The van der Waals surface area contributed by atoms with E-state index in [1.807, 2.05) is 32.0 Å². The maximum Gasteiger partial charge on any atom is 0.237 e. The number of H-pyrrole nitrogens is 1. The van der Waals surface area contributed by atoms with Gasteiger partial charge in [-0.25, -0.2) is 9.37 Å². The van der Waals surface area contributed by atoms with E-state index in [9.17, 15) is 9.18 Å². The molecule has 1 heterocycles. The van der Waals surface area contributed by atoms with Crippen LogP contribution in [0.3, 0.4) is 0 Å². The minimum atomic E-state index is -0.373. The molecule has 0 spiro atoms. The van der Waals surface area contributed by atoms with E-state index in [4.69, 9.17) is 4.74 Å². The molecule has 0 saturated heterocycles. The van der Waals surface area contributed by atoms with Crippen molar-refractivity contribution >= 4 is 23.4 Å². The largest absolute Gasteiger partial charge is 0.495 e. The second-order valence-electron chi connectivity index (χ2n) is 6.06. The van der Waals surface area contributed by atoms with Gasteiger partial charge in [0.25, 0.3) is 0 Å². The van der Waals surface area contributed by atoms with Crippen molar-refractivity contribution < 1.29 is 13.9 Å². The molecular weight excluding hydrogens is 365 g/mol. The highest BCUT2D eigenvalue weighted by Gasteiger charge is 2.18. The lowest BCUT2D eigenvalue weighted by molar-refractivity contribution is -0.115. The van der Waals surface area contributed by atoms with Crippen molar-refractivity contribution in [1.82, 2.24) is 9.97 Å². The van der Waals surface area contributed by atoms with Gasteiger partial charge >= 0.3 is 0 Å². The fraction of sp³-hybridized carbons (Fsp3) is 0.200. The predicted molar refractivity (Wildman–Crippen MR) is 106 cm³/mol. The summed E-state index contributed by atoms with van der Waals surface area (Å²) in [5, 5.41) is 3.14. The Bertz CT molecular complexity index is 941. The molecule has 0 bridgehead atoms. The minimum absolute atomic E-state index is 0.149. The summed E-state index contributed by atoms with van der Waals surface area (Å²) in [7, 11) is 1.57. The van der Waals surface area contributed by atoms with Gasteiger partial charge in [-0.15, -0.1) is 0 Å². The number of amides is 1. The van der Waals surface area contributed by atoms with Crippen LogP contribution < -0.4 is 10.1 Å². The monoisotopic (exact) mass is 385 g/mol. The first-order chi connectivity index (χ1) is 13.0. The average Bonchev–Trinajstić information content (AvgIpc) is 3.11. The van der Waals surface area contributed by atoms with Crippen molar-refractivity contribution in [2.75, 3.05) is 12.4 Å². The predicted octanol–water partition coefficient (Wildman–Crippen LogP) is 4.65. The van der Waals surface area contributed by atoms with Gasteiger partial charge in [0, 0.05) is 0 Å². The van der Waals surface area contributed by atoms with Crippen LogP contribution in [0.4, 0.5) is 10.1 Å². The second kappa shape index (κ2) is 8.26. The number of carbonyl (C=O) groups is 1. The number of methoxy groups -OCH3 is 1. The van der Waals surface area contributed by atoms with Crippen LogP contribution in [-0.2, 0) is 4.79 Å². The lowest BCUT2D eigenvalue weighted by atomic mass is 10.2. The lowest BCUT2D eigenvalue weighted by Crippen LogP contribution is -2.22. The van der Waals surface area contributed by atoms with Gasteiger partial charge in [0.2, 0.25) is 5.91 Å². The van der Waals surface area contributed by atoms with E-state index in [1.54, 1.807) is 25.4 Å². The van der Waals surface area contributed by atoms with Gasteiger partial charge in [-0.05, 0) is 61.4 Å². The number of aromatic amines is 1. The van der Waals surface area contributed by atoms with E-state index in [-0.39, 0.29) is 17.0 Å². The Labute approximate surface area is 161 Å². The van der Waals surface area contributed by atoms with E-state index >= 15 is 0 Å². The molecule has 0 aliphatic heterocycles. The van der Waals surface area contributed by atoms with Gasteiger partial charge in [0.05, 0.1) is 29.9 Å². The maximum atomic E-state index is 13.0. The molecule has 7 heteroatoms. The molecule has 0 unspecified atom stereocenters. The summed E-state index contributed by atoms with van der Waals surface area (Å²) in [6.45, 7) is 3.76. The SMILES string of the molecule is COc1ccc(C)cc1NC(=O)[C@H](C)Sc1ncc(-c2ccc(F)cc2)[nH]1. The Kier molecular flexibility index (Phi) is 5.81. The fourth-order valence-electron chi connectivity index (χ4n) is 2.51. The summed E-state index contributed by atoms with van der Waals surface area (Å²) in [6.07, 6.45) is 1.67. The number of thioether (sulfide) groups is 1. The molecule has 3 aromatic rings. The Morgan fingerprint density at radius 2 is 2.00 bits per heavy atom. The molecule has 1 aromatic heterocycles. The van der Waals surface area contributed by atoms with E-state index in [0.29, 0.717) is 16.6 Å². The molecule has 0 fully saturated rings. The first-order valence-corrected chi connectivity index (χ1v) is 9.27. The highest BCUT2D eigenvalue weighted by molar-refractivity contribution is 8.00. The van der Waals surface area contributed by atoms with E-state index in [0.717, 1.165) is 16.8 Å². The van der Waals surface area contributed by atoms with Crippen molar-refractivity contribution in [2.45, 2.75) is 24.3 Å². The van der Waals surface area contributed by atoms with Crippen molar-refractivity contribution in [3.8, 4) is 17.0 Å². The van der Waals surface area contributed by atoms with Crippen molar-refractivity contribution in [3.05, 3.63) is 60.0 Å². The Hall–Kier alpha value is -2.80. The average molecular weight is 385 g/mol. The highest BCUT2D eigenvalue weighted by atomic mass is 32.2. The van der Waals surface area contributed by atoms with Crippen LogP contribution in [0.15, 0.2) is 53.8 Å². The number of carbonyl (C=O) groups excluding carboxylic acids is 1. The Morgan fingerprint density at radius 1 is 1.26 bits per heavy atom. The summed E-state index contributed by atoms with van der Waals surface area (Å²) >= 11 is 1.31. The summed E-state index contributed by atoms with van der Waals surface area (Å²) in [6, 6.07) is 11.8. The number of imidazole rings is 1. The number of nitrogens with one attached hydrogen (secondary N) is 2. The number of hydrogen-bond donors (Lipinski definition) is 2. The van der Waals surface area contributed by atoms with Gasteiger partial charge in [-0.1, -0.05) is 17.8 Å². The first-order valence-electron chi connectivity index (χ1n) is 8.39. The number of nitrogens with zero attached hydrogens (tertiary/aromatic N) is 1. The van der Waals surface area contributed by atoms with Crippen molar-refractivity contribution in [1.29, 1.82) is 0 Å². The van der Waals surface area contributed by atoms with E-state index in [1.165, 1.54) is 23.9 Å². The van der Waals surface area contributed by atoms with Crippen LogP contribution in [0.25, 0.3) is 11.3 Å². The lowest BCUT2D eigenvalue weighted by Gasteiger charge is -2.14. The molecule has 3 rings (SSSR count).